The summed E-state index contributed by atoms with van der Waals surface area (Å²) in [6.07, 6.45) is 1.71. The van der Waals surface area contributed by atoms with Gasteiger partial charge in [-0.3, -0.25) is 0 Å². The Hall–Kier alpha value is -2.61. The van der Waals surface area contributed by atoms with Crippen LogP contribution >= 0.6 is 0 Å². The number of nitriles is 1. The first-order valence-electron chi connectivity index (χ1n) is 6.29. The highest BCUT2D eigenvalue weighted by atomic mass is 16.5. The van der Waals surface area contributed by atoms with Gasteiger partial charge in [-0.15, -0.1) is 11.7 Å². The Morgan fingerprint density at radius 1 is 1.40 bits per heavy atom. The number of allylic oxidation sites excluding steroid dienone is 1. The number of ether oxygens (including phenoxy) is 1. The predicted octanol–water partition coefficient (Wildman–Crippen LogP) is 2.53. The molecule has 0 aliphatic heterocycles. The molecule has 102 valence electrons. The van der Waals surface area contributed by atoms with Crippen LogP contribution in [0.2, 0.25) is 0 Å². The summed E-state index contributed by atoms with van der Waals surface area (Å²) in [5.41, 5.74) is 3.07. The normalized spacial score (nSPS) is 10.1. The summed E-state index contributed by atoms with van der Waals surface area (Å²) in [5, 5.41) is 16.8. The molecule has 0 unspecified atom stereocenters. The molecule has 5 nitrogen and oxygen atoms in total. The molecule has 0 N–H and O–H groups in total. The maximum atomic E-state index is 9.06. The van der Waals surface area contributed by atoms with Gasteiger partial charge in [0.1, 0.15) is 24.1 Å². The van der Waals surface area contributed by atoms with Crippen LogP contribution in [0.15, 0.2) is 30.9 Å². The van der Waals surface area contributed by atoms with Crippen LogP contribution < -0.4 is 4.74 Å². The zero-order valence-corrected chi connectivity index (χ0v) is 11.6. The molecule has 0 aliphatic rings. The first kappa shape index (κ1) is 13.8. The average molecular weight is 268 g/mol. The first-order chi connectivity index (χ1) is 9.67. The van der Waals surface area contributed by atoms with Gasteiger partial charge in [-0.05, 0) is 25.0 Å². The van der Waals surface area contributed by atoms with Gasteiger partial charge < -0.3 is 4.74 Å². The van der Waals surface area contributed by atoms with Crippen molar-refractivity contribution in [2.24, 2.45) is 0 Å². The highest BCUT2D eigenvalue weighted by Gasteiger charge is 2.13. The number of benzene rings is 1. The lowest BCUT2D eigenvalue weighted by Gasteiger charge is -2.12. The van der Waals surface area contributed by atoms with Crippen molar-refractivity contribution in [2.75, 3.05) is 0 Å². The second-order valence-corrected chi connectivity index (χ2v) is 4.48. The SMILES string of the molecule is C=CCn1nnc(C#N)c1COc1c(C)cccc1C. The van der Waals surface area contributed by atoms with Crippen LogP contribution in [0.4, 0.5) is 0 Å². The summed E-state index contributed by atoms with van der Waals surface area (Å²) in [6, 6.07) is 8.00. The summed E-state index contributed by atoms with van der Waals surface area (Å²) < 4.78 is 7.48. The number of aryl methyl sites for hydroxylation is 2. The second-order valence-electron chi connectivity index (χ2n) is 4.48. The topological polar surface area (TPSA) is 63.7 Å². The zero-order valence-electron chi connectivity index (χ0n) is 11.6. The van der Waals surface area contributed by atoms with Crippen molar-refractivity contribution in [2.45, 2.75) is 27.0 Å². The molecule has 0 aliphatic carbocycles. The molecule has 20 heavy (non-hydrogen) atoms. The number of rotatable bonds is 5. The van der Waals surface area contributed by atoms with Gasteiger partial charge in [0.05, 0.1) is 6.54 Å². The Morgan fingerprint density at radius 2 is 2.10 bits per heavy atom. The Balaban J connectivity index is 2.25. The Kier molecular flexibility index (Phi) is 4.16. The lowest BCUT2D eigenvalue weighted by Crippen LogP contribution is -2.08. The lowest BCUT2D eigenvalue weighted by molar-refractivity contribution is 0.289. The monoisotopic (exact) mass is 268 g/mol. The van der Waals surface area contributed by atoms with Gasteiger partial charge in [0.2, 0.25) is 0 Å². The Morgan fingerprint density at radius 3 is 2.70 bits per heavy atom. The third-order valence-electron chi connectivity index (χ3n) is 3.01. The molecule has 1 heterocycles. The summed E-state index contributed by atoms with van der Waals surface area (Å²) in [6.45, 7) is 8.41. The number of nitrogens with zero attached hydrogens (tertiary/aromatic N) is 4. The minimum Gasteiger partial charge on any atom is -0.487 e. The van der Waals surface area contributed by atoms with E-state index in [1.54, 1.807) is 10.8 Å². The van der Waals surface area contributed by atoms with Gasteiger partial charge in [-0.1, -0.05) is 29.5 Å². The molecule has 2 aromatic rings. The lowest BCUT2D eigenvalue weighted by atomic mass is 10.1. The first-order valence-corrected chi connectivity index (χ1v) is 6.29. The third kappa shape index (κ3) is 2.69. The summed E-state index contributed by atoms with van der Waals surface area (Å²) in [4.78, 5) is 0. The molecule has 0 saturated heterocycles. The van der Waals surface area contributed by atoms with Crippen LogP contribution in [0, 0.1) is 25.2 Å². The Labute approximate surface area is 118 Å². The van der Waals surface area contributed by atoms with Gasteiger partial charge in [0.25, 0.3) is 0 Å². The molecule has 5 heteroatoms. The van der Waals surface area contributed by atoms with Crippen LogP contribution in [-0.2, 0) is 13.2 Å². The van der Waals surface area contributed by atoms with Crippen molar-refractivity contribution in [1.29, 1.82) is 5.26 Å². The van der Waals surface area contributed by atoms with E-state index in [0.29, 0.717) is 12.2 Å². The van der Waals surface area contributed by atoms with E-state index in [4.69, 9.17) is 10.00 Å². The summed E-state index contributed by atoms with van der Waals surface area (Å²) in [5.74, 6) is 0.836. The highest BCUT2D eigenvalue weighted by molar-refractivity contribution is 5.40. The summed E-state index contributed by atoms with van der Waals surface area (Å²) >= 11 is 0. The maximum Gasteiger partial charge on any atom is 0.189 e. The smallest absolute Gasteiger partial charge is 0.189 e. The molecule has 1 aromatic carbocycles. The fourth-order valence-corrected chi connectivity index (χ4v) is 2.00. The molecule has 0 saturated carbocycles. The standard InChI is InChI=1S/C15H16N4O/c1-4-8-19-14(13(9-16)17-18-19)10-20-15-11(2)6-5-7-12(15)3/h4-7H,1,8,10H2,2-3H3. The van der Waals surface area contributed by atoms with Crippen LogP contribution in [-0.4, -0.2) is 15.0 Å². The van der Waals surface area contributed by atoms with E-state index in [1.807, 2.05) is 38.1 Å². The van der Waals surface area contributed by atoms with Gasteiger partial charge >= 0.3 is 0 Å². The number of hydrogen-bond acceptors (Lipinski definition) is 4. The van der Waals surface area contributed by atoms with E-state index < -0.39 is 0 Å². The molecule has 1 aromatic heterocycles. The molecular weight excluding hydrogens is 252 g/mol. The molecule has 0 bridgehead atoms. The minimum absolute atomic E-state index is 0.259. The fraction of sp³-hybridized carbons (Fsp3) is 0.267. The van der Waals surface area contributed by atoms with E-state index >= 15 is 0 Å². The number of aromatic nitrogens is 3. The Bertz CT molecular complexity index is 647. The van der Waals surface area contributed by atoms with E-state index in [0.717, 1.165) is 16.9 Å². The quantitative estimate of drug-likeness (QED) is 0.782. The molecule has 0 radical (unpaired) electrons. The van der Waals surface area contributed by atoms with Gasteiger partial charge in [-0.2, -0.15) is 5.26 Å². The third-order valence-corrected chi connectivity index (χ3v) is 3.01. The number of hydrogen-bond donors (Lipinski definition) is 0. The van der Waals surface area contributed by atoms with Gasteiger partial charge in [-0.25, -0.2) is 4.68 Å². The van der Waals surface area contributed by atoms with Crippen LogP contribution in [0.5, 0.6) is 5.75 Å². The van der Waals surface area contributed by atoms with Crippen LogP contribution in [0.25, 0.3) is 0 Å². The highest BCUT2D eigenvalue weighted by Crippen LogP contribution is 2.23. The van der Waals surface area contributed by atoms with Crippen molar-refractivity contribution in [3.05, 3.63) is 53.4 Å². The second kappa shape index (κ2) is 6.02. The molecule has 0 fully saturated rings. The largest absolute Gasteiger partial charge is 0.487 e. The van der Waals surface area contributed by atoms with Crippen molar-refractivity contribution in [1.82, 2.24) is 15.0 Å². The molecule has 0 amide bonds. The molecule has 0 spiro atoms. The van der Waals surface area contributed by atoms with Crippen molar-refractivity contribution in [3.8, 4) is 11.8 Å². The van der Waals surface area contributed by atoms with E-state index in [1.165, 1.54) is 0 Å². The van der Waals surface area contributed by atoms with Gasteiger partial charge in [0, 0.05) is 0 Å². The van der Waals surface area contributed by atoms with E-state index in [2.05, 4.69) is 16.9 Å². The predicted molar refractivity (Wildman–Crippen MR) is 75.2 cm³/mol. The zero-order chi connectivity index (χ0) is 14.5. The number of para-hydroxylation sites is 1. The van der Waals surface area contributed by atoms with Gasteiger partial charge in [0.15, 0.2) is 5.69 Å². The molecular formula is C15H16N4O. The van der Waals surface area contributed by atoms with Crippen molar-refractivity contribution >= 4 is 0 Å². The van der Waals surface area contributed by atoms with Crippen molar-refractivity contribution < 1.29 is 4.74 Å². The van der Waals surface area contributed by atoms with Crippen molar-refractivity contribution in [3.63, 3.8) is 0 Å². The summed E-state index contributed by atoms with van der Waals surface area (Å²) in [7, 11) is 0. The van der Waals surface area contributed by atoms with Crippen LogP contribution in [0.3, 0.4) is 0 Å². The van der Waals surface area contributed by atoms with Crippen LogP contribution in [0.1, 0.15) is 22.5 Å². The van der Waals surface area contributed by atoms with E-state index in [9.17, 15) is 0 Å². The molecule has 0 atom stereocenters. The maximum absolute atomic E-state index is 9.06. The fourth-order valence-electron chi connectivity index (χ4n) is 2.00. The molecule has 2 rings (SSSR count). The van der Waals surface area contributed by atoms with E-state index in [-0.39, 0.29) is 12.3 Å². The average Bonchev–Trinajstić information content (AvgIpc) is 2.81. The minimum atomic E-state index is 0.259.